The number of aromatic amines is 2. The molecule has 0 aliphatic heterocycles. The fourth-order valence-corrected chi connectivity index (χ4v) is 4.28. The van der Waals surface area contributed by atoms with E-state index >= 15 is 0 Å². The van der Waals surface area contributed by atoms with E-state index < -0.39 is 0 Å². The minimum atomic E-state index is 0.609. The first kappa shape index (κ1) is 7.63. The molecule has 2 bridgehead atoms. The van der Waals surface area contributed by atoms with E-state index in [0.29, 0.717) is 10.7 Å². The first-order chi connectivity index (χ1) is 6.84. The Balaban J connectivity index is 1.69. The molecule has 1 aromatic rings. The smallest absolute Gasteiger partial charge is 0.213 e. The van der Waals surface area contributed by atoms with Gasteiger partial charge in [0.2, 0.25) is 4.77 Å². The van der Waals surface area contributed by atoms with Gasteiger partial charge in [0.05, 0.1) is 0 Å². The lowest BCUT2D eigenvalue weighted by molar-refractivity contribution is 0.456. The van der Waals surface area contributed by atoms with Crippen molar-refractivity contribution >= 4 is 12.2 Å². The van der Waals surface area contributed by atoms with E-state index in [-0.39, 0.29) is 0 Å². The maximum atomic E-state index is 4.99. The molecule has 0 saturated heterocycles. The minimum absolute atomic E-state index is 0.609. The summed E-state index contributed by atoms with van der Waals surface area (Å²) in [5, 5.41) is 6.03. The minimum Gasteiger partial charge on any atom is -0.285 e. The van der Waals surface area contributed by atoms with Crippen molar-refractivity contribution in [3.63, 3.8) is 0 Å². The highest BCUT2D eigenvalue weighted by Crippen LogP contribution is 2.72. The largest absolute Gasteiger partial charge is 0.285 e. The highest BCUT2D eigenvalue weighted by molar-refractivity contribution is 7.71. The van der Waals surface area contributed by atoms with Crippen molar-refractivity contribution in [2.75, 3.05) is 0 Å². The summed E-state index contributed by atoms with van der Waals surface area (Å²) in [4.78, 5) is 4.36. The predicted octanol–water partition coefficient (Wildman–Crippen LogP) is 2.23. The molecular weight excluding hydrogens is 194 g/mol. The molecule has 4 heteroatoms. The third kappa shape index (κ3) is 0.787. The van der Waals surface area contributed by atoms with Gasteiger partial charge in [0.1, 0.15) is 5.82 Å². The fraction of sp³-hybridized carbons (Fsp3) is 0.800. The number of nitrogens with one attached hydrogen (secondary N) is 2. The van der Waals surface area contributed by atoms with Gasteiger partial charge in [-0.2, -0.15) is 0 Å². The predicted molar refractivity (Wildman–Crippen MR) is 54.3 cm³/mol. The van der Waals surface area contributed by atoms with Crippen LogP contribution in [0.1, 0.15) is 31.0 Å². The summed E-state index contributed by atoms with van der Waals surface area (Å²) in [5.41, 5.74) is 0. The number of aromatic nitrogens is 3. The SMILES string of the molecule is S=c1nc(C2C3C4CCC(C4)C23)[nH][nH]1. The van der Waals surface area contributed by atoms with Crippen LogP contribution in [0.15, 0.2) is 0 Å². The molecular formula is C10H13N3S. The van der Waals surface area contributed by atoms with Gasteiger partial charge in [-0.3, -0.25) is 10.2 Å². The molecule has 14 heavy (non-hydrogen) atoms. The van der Waals surface area contributed by atoms with Crippen LogP contribution in [0.5, 0.6) is 0 Å². The Hall–Kier alpha value is -0.640. The number of hydrogen-bond donors (Lipinski definition) is 2. The van der Waals surface area contributed by atoms with Crippen molar-refractivity contribution in [3.05, 3.63) is 10.6 Å². The molecule has 0 radical (unpaired) electrons. The van der Waals surface area contributed by atoms with Gasteiger partial charge in [0.15, 0.2) is 0 Å². The molecule has 3 aliphatic carbocycles. The molecule has 1 heterocycles. The Morgan fingerprint density at radius 1 is 1.14 bits per heavy atom. The van der Waals surface area contributed by atoms with Crippen LogP contribution in [0.4, 0.5) is 0 Å². The van der Waals surface area contributed by atoms with E-state index in [1.807, 2.05) is 0 Å². The normalized spacial score (nSPS) is 48.1. The first-order valence-corrected chi connectivity index (χ1v) is 5.90. The van der Waals surface area contributed by atoms with Crippen LogP contribution in [0, 0.1) is 28.4 Å². The molecule has 3 nitrogen and oxygen atoms in total. The summed E-state index contributed by atoms with van der Waals surface area (Å²) in [6, 6.07) is 0. The summed E-state index contributed by atoms with van der Waals surface area (Å²) in [7, 11) is 0. The molecule has 0 spiro atoms. The van der Waals surface area contributed by atoms with Gasteiger partial charge in [0, 0.05) is 5.92 Å². The van der Waals surface area contributed by atoms with Gasteiger partial charge < -0.3 is 0 Å². The highest BCUT2D eigenvalue weighted by atomic mass is 32.1. The second-order valence-electron chi connectivity index (χ2n) is 5.07. The molecule has 74 valence electrons. The molecule has 3 aliphatic rings. The molecule has 2 N–H and O–H groups in total. The third-order valence-electron chi connectivity index (χ3n) is 4.57. The van der Waals surface area contributed by atoms with E-state index in [0.717, 1.165) is 29.5 Å². The Kier molecular flexibility index (Phi) is 1.25. The van der Waals surface area contributed by atoms with Crippen LogP contribution >= 0.6 is 12.2 Å². The van der Waals surface area contributed by atoms with Crippen LogP contribution < -0.4 is 0 Å². The number of fused-ring (bicyclic) bond motifs is 5. The quantitative estimate of drug-likeness (QED) is 0.694. The van der Waals surface area contributed by atoms with Crippen molar-refractivity contribution < 1.29 is 0 Å². The van der Waals surface area contributed by atoms with Gasteiger partial charge in [-0.25, -0.2) is 4.98 Å². The highest BCUT2D eigenvalue weighted by Gasteiger charge is 2.66. The second kappa shape index (κ2) is 2.30. The molecule has 4 atom stereocenters. The first-order valence-electron chi connectivity index (χ1n) is 5.49. The lowest BCUT2D eigenvalue weighted by Gasteiger charge is -2.04. The van der Waals surface area contributed by atoms with Gasteiger partial charge in [0.25, 0.3) is 0 Å². The van der Waals surface area contributed by atoms with Gasteiger partial charge in [-0.05, 0) is 55.2 Å². The summed E-state index contributed by atoms with van der Waals surface area (Å²) < 4.78 is 0.609. The van der Waals surface area contributed by atoms with Crippen molar-refractivity contribution in [1.82, 2.24) is 15.2 Å². The van der Waals surface area contributed by atoms with Crippen molar-refractivity contribution in [1.29, 1.82) is 0 Å². The topological polar surface area (TPSA) is 44.5 Å². The van der Waals surface area contributed by atoms with Crippen LogP contribution in [-0.4, -0.2) is 15.2 Å². The fourth-order valence-electron chi connectivity index (χ4n) is 4.13. The Morgan fingerprint density at radius 3 is 2.43 bits per heavy atom. The van der Waals surface area contributed by atoms with Crippen molar-refractivity contribution in [2.45, 2.75) is 25.2 Å². The Labute approximate surface area is 87.3 Å². The van der Waals surface area contributed by atoms with Gasteiger partial charge in [-0.15, -0.1) is 0 Å². The zero-order valence-electron chi connectivity index (χ0n) is 7.86. The van der Waals surface area contributed by atoms with Crippen LogP contribution in [0.3, 0.4) is 0 Å². The molecule has 3 fully saturated rings. The standard InChI is InChI=1S/C10H13N3S/c14-10-11-9(12-13-10)8-6-4-1-2-5(3-4)7(6)8/h4-8H,1-3H2,(H2,11,12,13,14). The van der Waals surface area contributed by atoms with Crippen molar-refractivity contribution in [2.24, 2.45) is 23.7 Å². The summed E-state index contributed by atoms with van der Waals surface area (Å²) in [5.74, 6) is 5.75. The second-order valence-corrected chi connectivity index (χ2v) is 5.45. The molecule has 4 unspecified atom stereocenters. The van der Waals surface area contributed by atoms with E-state index in [1.165, 1.54) is 19.3 Å². The lowest BCUT2D eigenvalue weighted by atomic mass is 10.0. The average Bonchev–Trinajstić information content (AvgIpc) is 2.58. The maximum absolute atomic E-state index is 4.99. The van der Waals surface area contributed by atoms with Gasteiger partial charge in [-0.1, -0.05) is 0 Å². The number of nitrogens with zero attached hydrogens (tertiary/aromatic N) is 1. The van der Waals surface area contributed by atoms with E-state index in [2.05, 4.69) is 15.2 Å². The number of H-pyrrole nitrogens is 2. The monoisotopic (exact) mass is 207 g/mol. The summed E-state index contributed by atoms with van der Waals surface area (Å²) >= 11 is 4.99. The van der Waals surface area contributed by atoms with E-state index in [9.17, 15) is 0 Å². The molecule has 4 rings (SSSR count). The number of rotatable bonds is 1. The third-order valence-corrected chi connectivity index (χ3v) is 4.76. The number of hydrogen-bond acceptors (Lipinski definition) is 2. The molecule has 0 aromatic carbocycles. The Morgan fingerprint density at radius 2 is 1.86 bits per heavy atom. The summed E-state index contributed by atoms with van der Waals surface area (Å²) in [6.07, 6.45) is 4.43. The Bertz CT molecular complexity index is 419. The lowest BCUT2D eigenvalue weighted by Crippen LogP contribution is -1.98. The van der Waals surface area contributed by atoms with Crippen molar-refractivity contribution in [3.8, 4) is 0 Å². The zero-order chi connectivity index (χ0) is 9.28. The maximum Gasteiger partial charge on any atom is 0.213 e. The zero-order valence-corrected chi connectivity index (χ0v) is 8.68. The van der Waals surface area contributed by atoms with Crippen LogP contribution in [0.2, 0.25) is 0 Å². The van der Waals surface area contributed by atoms with E-state index in [1.54, 1.807) is 0 Å². The molecule has 3 saturated carbocycles. The summed E-state index contributed by atoms with van der Waals surface area (Å²) in [6.45, 7) is 0. The van der Waals surface area contributed by atoms with E-state index in [4.69, 9.17) is 12.2 Å². The van der Waals surface area contributed by atoms with Gasteiger partial charge >= 0.3 is 0 Å². The van der Waals surface area contributed by atoms with Crippen LogP contribution in [-0.2, 0) is 0 Å². The molecule has 1 aromatic heterocycles. The molecule has 0 amide bonds. The van der Waals surface area contributed by atoms with Crippen LogP contribution in [0.25, 0.3) is 0 Å². The average molecular weight is 207 g/mol.